The smallest absolute Gasteiger partial charge is 0.241 e. The van der Waals surface area contributed by atoms with E-state index in [1.165, 1.54) is 0 Å². The molecule has 0 aromatic heterocycles. The van der Waals surface area contributed by atoms with Gasteiger partial charge in [-0.2, -0.15) is 0 Å². The number of hydrogen-bond acceptors (Lipinski definition) is 4. The van der Waals surface area contributed by atoms with Crippen molar-refractivity contribution in [3.05, 3.63) is 0 Å². The topological polar surface area (TPSA) is 58.8 Å². The molecule has 1 heterocycles. The number of amides is 1. The monoisotopic (exact) mass is 229 g/mol. The van der Waals surface area contributed by atoms with E-state index in [0.29, 0.717) is 5.92 Å². The Morgan fingerprint density at radius 3 is 2.88 bits per heavy atom. The highest BCUT2D eigenvalue weighted by molar-refractivity contribution is 5.81. The van der Waals surface area contributed by atoms with Crippen molar-refractivity contribution in [2.24, 2.45) is 11.7 Å². The van der Waals surface area contributed by atoms with Crippen LogP contribution in [0.1, 0.15) is 6.42 Å². The summed E-state index contributed by atoms with van der Waals surface area (Å²) >= 11 is 0. The number of nitrogens with two attached hydrogens (primary N) is 1. The van der Waals surface area contributed by atoms with Gasteiger partial charge < -0.3 is 20.3 Å². The molecule has 94 valence electrons. The highest BCUT2D eigenvalue weighted by Gasteiger charge is 2.24. The third-order valence-corrected chi connectivity index (χ3v) is 3.06. The molecule has 2 unspecified atom stereocenters. The molecular formula is C11H23N3O2. The van der Waals surface area contributed by atoms with Crippen LogP contribution < -0.4 is 5.73 Å². The molecule has 1 aliphatic heterocycles. The summed E-state index contributed by atoms with van der Waals surface area (Å²) in [6.45, 7) is 3.27. The Balaban J connectivity index is 2.33. The number of carbonyl (C=O) groups excluding carboxylic acids is 1. The fraction of sp³-hybridized carbons (Fsp3) is 0.909. The lowest BCUT2D eigenvalue weighted by Gasteiger charge is -2.23. The summed E-state index contributed by atoms with van der Waals surface area (Å²) in [6.07, 6.45) is 1.16. The number of likely N-dealkylation sites (tertiary alicyclic amines) is 1. The molecule has 1 saturated heterocycles. The predicted octanol–water partition coefficient (Wildman–Crippen LogP) is -0.630. The zero-order valence-electron chi connectivity index (χ0n) is 10.5. The number of carbonyl (C=O) groups is 1. The van der Waals surface area contributed by atoms with E-state index in [1.54, 1.807) is 12.0 Å². The molecule has 0 aliphatic carbocycles. The van der Waals surface area contributed by atoms with Crippen LogP contribution >= 0.6 is 0 Å². The van der Waals surface area contributed by atoms with Crippen LogP contribution in [0.2, 0.25) is 0 Å². The van der Waals surface area contributed by atoms with Crippen molar-refractivity contribution in [3.8, 4) is 0 Å². The highest BCUT2D eigenvalue weighted by atomic mass is 16.5. The van der Waals surface area contributed by atoms with Gasteiger partial charge in [0.05, 0.1) is 6.61 Å². The molecule has 16 heavy (non-hydrogen) atoms. The number of rotatable bonds is 5. The maximum Gasteiger partial charge on any atom is 0.241 e. The van der Waals surface area contributed by atoms with Crippen LogP contribution in [-0.4, -0.2) is 69.2 Å². The van der Waals surface area contributed by atoms with Crippen molar-refractivity contribution in [2.75, 3.05) is 47.4 Å². The van der Waals surface area contributed by atoms with E-state index >= 15 is 0 Å². The van der Waals surface area contributed by atoms with Crippen LogP contribution in [0.3, 0.4) is 0 Å². The molecule has 0 aromatic rings. The lowest BCUT2D eigenvalue weighted by Crippen LogP contribution is -2.46. The van der Waals surface area contributed by atoms with Gasteiger partial charge in [-0.1, -0.05) is 0 Å². The molecule has 1 amide bonds. The Morgan fingerprint density at radius 2 is 2.38 bits per heavy atom. The van der Waals surface area contributed by atoms with E-state index in [4.69, 9.17) is 10.5 Å². The summed E-state index contributed by atoms with van der Waals surface area (Å²) in [5.41, 5.74) is 5.70. The third kappa shape index (κ3) is 3.73. The summed E-state index contributed by atoms with van der Waals surface area (Å²) in [4.78, 5) is 15.8. The van der Waals surface area contributed by atoms with Crippen molar-refractivity contribution in [3.63, 3.8) is 0 Å². The fourth-order valence-electron chi connectivity index (χ4n) is 2.19. The molecule has 5 heteroatoms. The minimum Gasteiger partial charge on any atom is -0.383 e. The summed E-state index contributed by atoms with van der Waals surface area (Å²) in [5.74, 6) is 0.546. The van der Waals surface area contributed by atoms with Gasteiger partial charge in [-0.05, 0) is 25.9 Å². The van der Waals surface area contributed by atoms with Crippen LogP contribution in [0.5, 0.6) is 0 Å². The van der Waals surface area contributed by atoms with Crippen LogP contribution in [-0.2, 0) is 9.53 Å². The Bertz CT molecular complexity index is 235. The first-order valence-corrected chi connectivity index (χ1v) is 5.72. The lowest BCUT2D eigenvalue weighted by molar-refractivity contribution is -0.132. The van der Waals surface area contributed by atoms with Crippen LogP contribution in [0.4, 0.5) is 0 Å². The average Bonchev–Trinajstić information content (AvgIpc) is 2.63. The number of nitrogens with zero attached hydrogens (tertiary/aromatic N) is 2. The highest BCUT2D eigenvalue weighted by Crippen LogP contribution is 2.15. The molecule has 0 saturated carbocycles. The number of ether oxygens (including phenoxy) is 1. The first-order chi connectivity index (χ1) is 7.54. The van der Waals surface area contributed by atoms with Gasteiger partial charge in [0.1, 0.15) is 6.04 Å². The summed E-state index contributed by atoms with van der Waals surface area (Å²) in [7, 11) is 5.48. The number of methoxy groups -OCH3 is 1. The van der Waals surface area contributed by atoms with Gasteiger partial charge in [-0.15, -0.1) is 0 Å². The van der Waals surface area contributed by atoms with E-state index in [9.17, 15) is 4.79 Å². The molecule has 2 N–H and O–H groups in total. The molecule has 2 atom stereocenters. The third-order valence-electron chi connectivity index (χ3n) is 3.06. The second kappa shape index (κ2) is 6.18. The van der Waals surface area contributed by atoms with Gasteiger partial charge in [0, 0.05) is 27.2 Å². The lowest BCUT2D eigenvalue weighted by atomic mass is 10.1. The van der Waals surface area contributed by atoms with Crippen LogP contribution in [0.15, 0.2) is 0 Å². The predicted molar refractivity (Wildman–Crippen MR) is 63.1 cm³/mol. The van der Waals surface area contributed by atoms with Crippen molar-refractivity contribution in [1.82, 2.24) is 9.80 Å². The molecular weight excluding hydrogens is 206 g/mol. The van der Waals surface area contributed by atoms with E-state index in [2.05, 4.69) is 11.9 Å². The molecule has 0 bridgehead atoms. The zero-order chi connectivity index (χ0) is 12.1. The molecule has 1 aliphatic rings. The Labute approximate surface area is 97.5 Å². The minimum absolute atomic E-state index is 0.0311. The summed E-state index contributed by atoms with van der Waals surface area (Å²) in [6, 6.07) is -0.533. The molecule has 1 rings (SSSR count). The Kier molecular flexibility index (Phi) is 5.18. The maximum absolute atomic E-state index is 11.8. The number of likely N-dealkylation sites (N-methyl/N-ethyl adjacent to an activating group) is 1. The average molecular weight is 229 g/mol. The van der Waals surface area contributed by atoms with Gasteiger partial charge in [0.25, 0.3) is 0 Å². The van der Waals surface area contributed by atoms with Gasteiger partial charge in [-0.3, -0.25) is 4.79 Å². The van der Waals surface area contributed by atoms with E-state index in [1.807, 2.05) is 7.05 Å². The first kappa shape index (κ1) is 13.4. The number of hydrogen-bond donors (Lipinski definition) is 1. The van der Waals surface area contributed by atoms with E-state index in [0.717, 1.165) is 26.1 Å². The van der Waals surface area contributed by atoms with Gasteiger partial charge >= 0.3 is 0 Å². The quantitative estimate of drug-likeness (QED) is 0.682. The standard InChI is InChI=1S/C11H23N3O2/c1-13-5-4-9(6-13)7-14(2)11(15)10(12)8-16-3/h9-10H,4-8,12H2,1-3H3. The Hall–Kier alpha value is -0.650. The second-order valence-corrected chi connectivity index (χ2v) is 4.70. The molecule has 0 spiro atoms. The molecule has 5 nitrogen and oxygen atoms in total. The fourth-order valence-corrected chi connectivity index (χ4v) is 2.19. The normalized spacial score (nSPS) is 23.4. The first-order valence-electron chi connectivity index (χ1n) is 5.72. The van der Waals surface area contributed by atoms with Crippen molar-refractivity contribution in [1.29, 1.82) is 0 Å². The van der Waals surface area contributed by atoms with Crippen LogP contribution in [0, 0.1) is 5.92 Å². The minimum atomic E-state index is -0.533. The molecule has 0 aromatic carbocycles. The van der Waals surface area contributed by atoms with E-state index in [-0.39, 0.29) is 12.5 Å². The van der Waals surface area contributed by atoms with Crippen molar-refractivity contribution >= 4 is 5.91 Å². The summed E-state index contributed by atoms with van der Waals surface area (Å²) in [5, 5.41) is 0. The van der Waals surface area contributed by atoms with Crippen molar-refractivity contribution in [2.45, 2.75) is 12.5 Å². The molecule has 0 radical (unpaired) electrons. The summed E-state index contributed by atoms with van der Waals surface area (Å²) < 4.78 is 4.88. The maximum atomic E-state index is 11.8. The molecule has 1 fully saturated rings. The SMILES string of the molecule is COCC(N)C(=O)N(C)CC1CCN(C)C1. The zero-order valence-corrected chi connectivity index (χ0v) is 10.5. The second-order valence-electron chi connectivity index (χ2n) is 4.70. The van der Waals surface area contributed by atoms with Gasteiger partial charge in [0.15, 0.2) is 0 Å². The Morgan fingerprint density at radius 1 is 1.69 bits per heavy atom. The largest absolute Gasteiger partial charge is 0.383 e. The van der Waals surface area contributed by atoms with Gasteiger partial charge in [-0.25, -0.2) is 0 Å². The van der Waals surface area contributed by atoms with Crippen LogP contribution in [0.25, 0.3) is 0 Å². The van der Waals surface area contributed by atoms with E-state index < -0.39 is 6.04 Å². The van der Waals surface area contributed by atoms with Gasteiger partial charge in [0.2, 0.25) is 5.91 Å². The van der Waals surface area contributed by atoms with Crippen molar-refractivity contribution < 1.29 is 9.53 Å².